The third kappa shape index (κ3) is 3.84. The molecule has 136 valence electrons. The van der Waals surface area contributed by atoms with Gasteiger partial charge < -0.3 is 0 Å². The predicted octanol–water partition coefficient (Wildman–Crippen LogP) is 5.69. The third-order valence-electron chi connectivity index (χ3n) is 5.08. The predicted molar refractivity (Wildman–Crippen MR) is 125 cm³/mol. The highest BCUT2D eigenvalue weighted by Gasteiger charge is 2.43. The summed E-state index contributed by atoms with van der Waals surface area (Å²) in [5.74, 6) is 0. The van der Waals surface area contributed by atoms with Crippen LogP contribution in [-0.2, 0) is 0 Å². The SMILES string of the molecule is C(=Cc1ccccc1)C[P+](c1ccccc1)(c1ccccc1)c1ccccc1. The lowest BCUT2D eigenvalue weighted by atomic mass is 10.2. The summed E-state index contributed by atoms with van der Waals surface area (Å²) in [6.07, 6.45) is 5.61. The summed E-state index contributed by atoms with van der Waals surface area (Å²) in [6.45, 7) is 0. The van der Waals surface area contributed by atoms with Crippen molar-refractivity contribution in [3.05, 3.63) is 133 Å². The Morgan fingerprint density at radius 1 is 0.464 bits per heavy atom. The molecule has 0 heterocycles. The van der Waals surface area contributed by atoms with Crippen LogP contribution in [0.25, 0.3) is 6.08 Å². The fraction of sp³-hybridized carbons (Fsp3) is 0.0370. The Balaban J connectivity index is 1.87. The summed E-state index contributed by atoms with van der Waals surface area (Å²) in [5, 5.41) is 4.26. The molecule has 0 spiro atoms. The van der Waals surface area contributed by atoms with Crippen LogP contribution in [0.15, 0.2) is 127 Å². The van der Waals surface area contributed by atoms with E-state index >= 15 is 0 Å². The molecule has 0 amide bonds. The smallest absolute Gasteiger partial charge is 0.0622 e. The van der Waals surface area contributed by atoms with E-state index in [1.54, 1.807) is 0 Å². The highest BCUT2D eigenvalue weighted by Crippen LogP contribution is 2.55. The standard InChI is InChI=1S/C27H24P/c1-5-14-24(15-6-1)16-13-23-28(25-17-7-2-8-18-25,26-19-9-3-10-20-26)27-21-11-4-12-22-27/h1-22H,23H2/q+1. The Morgan fingerprint density at radius 3 is 1.21 bits per heavy atom. The number of hydrogen-bond acceptors (Lipinski definition) is 0. The lowest BCUT2D eigenvalue weighted by molar-refractivity contribution is 1.63. The van der Waals surface area contributed by atoms with Crippen molar-refractivity contribution in [1.82, 2.24) is 0 Å². The second-order valence-corrected chi connectivity index (χ2v) is 10.3. The van der Waals surface area contributed by atoms with Gasteiger partial charge in [-0.1, -0.05) is 91.0 Å². The van der Waals surface area contributed by atoms with Crippen molar-refractivity contribution < 1.29 is 0 Å². The van der Waals surface area contributed by atoms with Gasteiger partial charge in [-0.15, -0.1) is 0 Å². The average molecular weight is 379 g/mol. The van der Waals surface area contributed by atoms with Crippen molar-refractivity contribution >= 4 is 29.3 Å². The zero-order chi connectivity index (χ0) is 19.1. The molecular weight excluding hydrogens is 355 g/mol. The zero-order valence-corrected chi connectivity index (χ0v) is 16.8. The van der Waals surface area contributed by atoms with Crippen LogP contribution in [0.5, 0.6) is 0 Å². The first kappa shape index (κ1) is 18.4. The number of hydrogen-bond donors (Lipinski definition) is 0. The van der Waals surface area contributed by atoms with E-state index in [1.165, 1.54) is 21.5 Å². The second-order valence-electron chi connectivity index (χ2n) is 6.81. The molecule has 0 aliphatic rings. The normalized spacial score (nSPS) is 11.6. The Labute approximate surface area is 168 Å². The van der Waals surface area contributed by atoms with E-state index in [1.807, 2.05) is 0 Å². The second kappa shape index (κ2) is 8.83. The number of benzene rings is 4. The highest BCUT2D eigenvalue weighted by molar-refractivity contribution is 7.95. The van der Waals surface area contributed by atoms with Crippen LogP contribution < -0.4 is 15.9 Å². The summed E-state index contributed by atoms with van der Waals surface area (Å²) in [7, 11) is -1.78. The van der Waals surface area contributed by atoms with E-state index in [-0.39, 0.29) is 0 Å². The minimum atomic E-state index is -1.78. The Morgan fingerprint density at radius 2 is 0.821 bits per heavy atom. The van der Waals surface area contributed by atoms with E-state index in [2.05, 4.69) is 133 Å². The Hall–Kier alpha value is -2.95. The van der Waals surface area contributed by atoms with Crippen molar-refractivity contribution in [1.29, 1.82) is 0 Å². The molecule has 0 N–H and O–H groups in total. The van der Waals surface area contributed by atoms with Crippen molar-refractivity contribution in [3.8, 4) is 0 Å². The molecule has 1 heteroatoms. The van der Waals surface area contributed by atoms with Crippen LogP contribution in [0.4, 0.5) is 0 Å². The van der Waals surface area contributed by atoms with Gasteiger partial charge in [-0.05, 0) is 48.0 Å². The van der Waals surface area contributed by atoms with E-state index in [0.29, 0.717) is 0 Å². The quantitative estimate of drug-likeness (QED) is 0.377. The highest BCUT2D eigenvalue weighted by atomic mass is 31.2. The third-order valence-corrected chi connectivity index (χ3v) is 9.38. The summed E-state index contributed by atoms with van der Waals surface area (Å²) < 4.78 is 0. The summed E-state index contributed by atoms with van der Waals surface area (Å²) in [6, 6.07) is 43.6. The zero-order valence-electron chi connectivity index (χ0n) is 15.9. The molecule has 0 nitrogen and oxygen atoms in total. The van der Waals surface area contributed by atoms with Gasteiger partial charge in [-0.25, -0.2) is 0 Å². The molecule has 0 aromatic heterocycles. The van der Waals surface area contributed by atoms with E-state index in [0.717, 1.165) is 6.16 Å². The molecule has 0 fully saturated rings. The van der Waals surface area contributed by atoms with Crippen LogP contribution in [-0.4, -0.2) is 6.16 Å². The molecule has 0 bridgehead atoms. The van der Waals surface area contributed by atoms with Gasteiger partial charge in [0.2, 0.25) is 0 Å². The van der Waals surface area contributed by atoms with Gasteiger partial charge in [0.05, 0.1) is 6.16 Å². The molecule has 0 radical (unpaired) electrons. The lowest BCUT2D eigenvalue weighted by Gasteiger charge is -2.26. The molecule has 0 unspecified atom stereocenters. The molecule has 4 aromatic rings. The number of rotatable bonds is 6. The van der Waals surface area contributed by atoms with Crippen molar-refractivity contribution in [3.63, 3.8) is 0 Å². The largest absolute Gasteiger partial charge is 0.115 e. The van der Waals surface area contributed by atoms with Crippen LogP contribution in [0.2, 0.25) is 0 Å². The molecule has 0 saturated heterocycles. The van der Waals surface area contributed by atoms with E-state index in [4.69, 9.17) is 0 Å². The molecule has 0 aliphatic heterocycles. The van der Waals surface area contributed by atoms with Gasteiger partial charge in [0.15, 0.2) is 0 Å². The monoisotopic (exact) mass is 379 g/mol. The van der Waals surface area contributed by atoms with Crippen LogP contribution in [0, 0.1) is 0 Å². The first-order valence-electron chi connectivity index (χ1n) is 9.66. The van der Waals surface area contributed by atoms with Crippen molar-refractivity contribution in [2.24, 2.45) is 0 Å². The minimum Gasteiger partial charge on any atom is -0.0622 e. The lowest BCUT2D eigenvalue weighted by Crippen LogP contribution is -2.32. The van der Waals surface area contributed by atoms with E-state index < -0.39 is 7.26 Å². The van der Waals surface area contributed by atoms with Gasteiger partial charge in [-0.2, -0.15) is 0 Å². The first-order chi connectivity index (χ1) is 13.9. The Kier molecular flexibility index (Phi) is 5.80. The molecule has 0 saturated carbocycles. The van der Waals surface area contributed by atoms with Crippen molar-refractivity contribution in [2.75, 3.05) is 6.16 Å². The molecular formula is C27H24P+. The van der Waals surface area contributed by atoms with Crippen molar-refractivity contribution in [2.45, 2.75) is 0 Å². The van der Waals surface area contributed by atoms with Gasteiger partial charge in [0, 0.05) is 0 Å². The number of allylic oxidation sites excluding steroid dienone is 1. The maximum absolute atomic E-state index is 2.36. The summed E-state index contributed by atoms with van der Waals surface area (Å²) >= 11 is 0. The summed E-state index contributed by atoms with van der Waals surface area (Å²) in [4.78, 5) is 0. The molecule has 4 aromatic carbocycles. The van der Waals surface area contributed by atoms with Crippen LogP contribution in [0.3, 0.4) is 0 Å². The molecule has 0 aliphatic carbocycles. The maximum atomic E-state index is 2.36. The molecule has 0 atom stereocenters. The van der Waals surface area contributed by atoms with Gasteiger partial charge >= 0.3 is 0 Å². The fourth-order valence-corrected chi connectivity index (χ4v) is 7.71. The summed E-state index contributed by atoms with van der Waals surface area (Å²) in [5.41, 5.74) is 1.25. The average Bonchev–Trinajstić information content (AvgIpc) is 2.79. The van der Waals surface area contributed by atoms with Crippen LogP contribution >= 0.6 is 7.26 Å². The maximum Gasteiger partial charge on any atom is 0.115 e. The van der Waals surface area contributed by atoms with Gasteiger partial charge in [0.25, 0.3) is 0 Å². The minimum absolute atomic E-state index is 1.000. The Bertz CT molecular complexity index is 910. The van der Waals surface area contributed by atoms with E-state index in [9.17, 15) is 0 Å². The fourth-order valence-electron chi connectivity index (χ4n) is 3.72. The first-order valence-corrected chi connectivity index (χ1v) is 11.6. The van der Waals surface area contributed by atoms with Gasteiger partial charge in [-0.3, -0.25) is 0 Å². The molecule has 4 rings (SSSR count). The topological polar surface area (TPSA) is 0 Å². The molecule has 28 heavy (non-hydrogen) atoms. The van der Waals surface area contributed by atoms with Gasteiger partial charge in [0.1, 0.15) is 23.2 Å². The van der Waals surface area contributed by atoms with Crippen LogP contribution in [0.1, 0.15) is 5.56 Å².